The average molecular weight is 316 g/mol. The van der Waals surface area contributed by atoms with E-state index in [1.807, 2.05) is 43.3 Å². The lowest BCUT2D eigenvalue weighted by atomic mass is 10.1. The van der Waals surface area contributed by atoms with Gasteiger partial charge in [0, 0.05) is 12.4 Å². The first-order valence-electron chi connectivity index (χ1n) is 7.52. The SMILES string of the molecule is Cc1ccnc(-c2cc(/C=C/c3ccc(C(=O)O)cc3)ccn2)c1. The van der Waals surface area contributed by atoms with E-state index >= 15 is 0 Å². The zero-order chi connectivity index (χ0) is 16.9. The summed E-state index contributed by atoms with van der Waals surface area (Å²) in [5, 5.41) is 8.91. The highest BCUT2D eigenvalue weighted by molar-refractivity contribution is 5.88. The van der Waals surface area contributed by atoms with Gasteiger partial charge >= 0.3 is 5.97 Å². The van der Waals surface area contributed by atoms with Crippen molar-refractivity contribution in [3.05, 3.63) is 83.2 Å². The number of benzene rings is 1. The highest BCUT2D eigenvalue weighted by Gasteiger charge is 2.02. The van der Waals surface area contributed by atoms with E-state index in [9.17, 15) is 4.79 Å². The Balaban J connectivity index is 1.83. The van der Waals surface area contributed by atoms with Crippen LogP contribution in [0.2, 0.25) is 0 Å². The molecule has 0 amide bonds. The average Bonchev–Trinajstić information content (AvgIpc) is 2.60. The molecule has 0 aliphatic carbocycles. The fraction of sp³-hybridized carbons (Fsp3) is 0.0500. The lowest BCUT2D eigenvalue weighted by molar-refractivity contribution is 0.0697. The van der Waals surface area contributed by atoms with Crippen LogP contribution in [0.15, 0.2) is 60.9 Å². The van der Waals surface area contributed by atoms with Gasteiger partial charge in [-0.2, -0.15) is 0 Å². The number of hydrogen-bond acceptors (Lipinski definition) is 3. The number of aromatic carboxylic acids is 1. The van der Waals surface area contributed by atoms with Gasteiger partial charge in [-0.15, -0.1) is 0 Å². The first-order chi connectivity index (χ1) is 11.6. The molecule has 0 aliphatic heterocycles. The van der Waals surface area contributed by atoms with Gasteiger partial charge < -0.3 is 5.11 Å². The quantitative estimate of drug-likeness (QED) is 0.778. The van der Waals surface area contributed by atoms with Gasteiger partial charge in [-0.05, 0) is 60.0 Å². The van der Waals surface area contributed by atoms with Crippen LogP contribution in [0.25, 0.3) is 23.5 Å². The van der Waals surface area contributed by atoms with Crippen LogP contribution < -0.4 is 0 Å². The topological polar surface area (TPSA) is 63.1 Å². The molecule has 4 heteroatoms. The molecule has 4 nitrogen and oxygen atoms in total. The van der Waals surface area contributed by atoms with Crippen molar-refractivity contribution in [2.45, 2.75) is 6.92 Å². The molecule has 2 heterocycles. The number of carboxylic acids is 1. The minimum absolute atomic E-state index is 0.281. The van der Waals surface area contributed by atoms with Crippen molar-refractivity contribution < 1.29 is 9.90 Å². The van der Waals surface area contributed by atoms with Crippen molar-refractivity contribution >= 4 is 18.1 Å². The zero-order valence-electron chi connectivity index (χ0n) is 13.2. The predicted octanol–water partition coefficient (Wildman–Crippen LogP) is 4.32. The van der Waals surface area contributed by atoms with E-state index in [4.69, 9.17) is 5.11 Å². The molecule has 0 unspecified atom stereocenters. The maximum Gasteiger partial charge on any atom is 0.335 e. The molecule has 0 fully saturated rings. The van der Waals surface area contributed by atoms with E-state index < -0.39 is 5.97 Å². The Morgan fingerprint density at radius 3 is 2.17 bits per heavy atom. The van der Waals surface area contributed by atoms with Crippen molar-refractivity contribution in [1.82, 2.24) is 9.97 Å². The molecule has 0 aliphatic rings. The maximum atomic E-state index is 10.9. The molecule has 0 spiro atoms. The Kier molecular flexibility index (Phi) is 4.47. The van der Waals surface area contributed by atoms with Crippen LogP contribution in [0.4, 0.5) is 0 Å². The minimum Gasteiger partial charge on any atom is -0.478 e. The van der Waals surface area contributed by atoms with Gasteiger partial charge in [0.2, 0.25) is 0 Å². The number of carbonyl (C=O) groups is 1. The molecule has 24 heavy (non-hydrogen) atoms. The van der Waals surface area contributed by atoms with Crippen LogP contribution in [0, 0.1) is 6.92 Å². The smallest absolute Gasteiger partial charge is 0.335 e. The fourth-order valence-corrected chi connectivity index (χ4v) is 2.30. The maximum absolute atomic E-state index is 10.9. The Labute approximate surface area is 140 Å². The van der Waals surface area contributed by atoms with Crippen LogP contribution in [0.1, 0.15) is 27.0 Å². The zero-order valence-corrected chi connectivity index (χ0v) is 13.2. The normalized spacial score (nSPS) is 10.9. The van der Waals surface area contributed by atoms with Crippen LogP contribution in [0.5, 0.6) is 0 Å². The second-order valence-corrected chi connectivity index (χ2v) is 5.45. The molecule has 118 valence electrons. The number of aryl methyl sites for hydroxylation is 1. The van der Waals surface area contributed by atoms with E-state index in [2.05, 4.69) is 9.97 Å². The van der Waals surface area contributed by atoms with E-state index in [0.29, 0.717) is 0 Å². The van der Waals surface area contributed by atoms with Crippen LogP contribution in [0.3, 0.4) is 0 Å². The molecule has 0 saturated carbocycles. The van der Waals surface area contributed by atoms with Crippen molar-refractivity contribution in [2.75, 3.05) is 0 Å². The number of carboxylic acid groups (broad SMARTS) is 1. The molecular formula is C20H16N2O2. The van der Waals surface area contributed by atoms with Crippen LogP contribution in [-0.2, 0) is 0 Å². The molecule has 0 atom stereocenters. The second kappa shape index (κ2) is 6.87. The monoisotopic (exact) mass is 316 g/mol. The van der Waals surface area contributed by atoms with E-state index in [-0.39, 0.29) is 5.56 Å². The summed E-state index contributed by atoms with van der Waals surface area (Å²) in [6.45, 7) is 2.02. The summed E-state index contributed by atoms with van der Waals surface area (Å²) in [4.78, 5) is 19.6. The van der Waals surface area contributed by atoms with Gasteiger partial charge in [0.15, 0.2) is 0 Å². The van der Waals surface area contributed by atoms with Crippen LogP contribution >= 0.6 is 0 Å². The molecule has 3 aromatic rings. The highest BCUT2D eigenvalue weighted by atomic mass is 16.4. The van der Waals surface area contributed by atoms with Gasteiger partial charge in [-0.25, -0.2) is 4.79 Å². The molecule has 0 bridgehead atoms. The lowest BCUT2D eigenvalue weighted by Crippen LogP contribution is -1.94. The predicted molar refractivity (Wildman–Crippen MR) is 94.5 cm³/mol. The van der Waals surface area contributed by atoms with Gasteiger partial charge in [-0.1, -0.05) is 24.3 Å². The third kappa shape index (κ3) is 3.73. The van der Waals surface area contributed by atoms with Gasteiger partial charge in [0.1, 0.15) is 0 Å². The van der Waals surface area contributed by atoms with E-state index in [1.165, 1.54) is 0 Å². The van der Waals surface area contributed by atoms with E-state index in [1.54, 1.807) is 36.7 Å². The van der Waals surface area contributed by atoms with Gasteiger partial charge in [0.25, 0.3) is 0 Å². The standard InChI is InChI=1S/C20H16N2O2/c1-14-8-10-21-18(12-14)19-13-16(9-11-22-19)3-2-15-4-6-17(7-5-15)20(23)24/h2-13H,1H3,(H,23,24)/b3-2+. The molecular weight excluding hydrogens is 300 g/mol. The summed E-state index contributed by atoms with van der Waals surface area (Å²) < 4.78 is 0. The van der Waals surface area contributed by atoms with Crippen molar-refractivity contribution in [1.29, 1.82) is 0 Å². The Morgan fingerprint density at radius 2 is 1.50 bits per heavy atom. The summed E-state index contributed by atoms with van der Waals surface area (Å²) in [5.74, 6) is -0.921. The highest BCUT2D eigenvalue weighted by Crippen LogP contribution is 2.18. The van der Waals surface area contributed by atoms with Gasteiger partial charge in [-0.3, -0.25) is 9.97 Å². The van der Waals surface area contributed by atoms with Crippen molar-refractivity contribution in [3.8, 4) is 11.4 Å². The number of nitrogens with zero attached hydrogens (tertiary/aromatic N) is 2. The Hall–Kier alpha value is -3.27. The number of pyridine rings is 2. The number of aromatic nitrogens is 2. The summed E-state index contributed by atoms with van der Waals surface area (Å²) in [7, 11) is 0. The van der Waals surface area contributed by atoms with Gasteiger partial charge in [0.05, 0.1) is 17.0 Å². The molecule has 3 rings (SSSR count). The third-order valence-corrected chi connectivity index (χ3v) is 3.59. The molecule has 2 aromatic heterocycles. The summed E-state index contributed by atoms with van der Waals surface area (Å²) in [6, 6.07) is 14.6. The summed E-state index contributed by atoms with van der Waals surface area (Å²) >= 11 is 0. The lowest BCUT2D eigenvalue weighted by Gasteiger charge is -2.02. The Morgan fingerprint density at radius 1 is 0.875 bits per heavy atom. The van der Waals surface area contributed by atoms with E-state index in [0.717, 1.165) is 28.1 Å². The van der Waals surface area contributed by atoms with Crippen molar-refractivity contribution in [3.63, 3.8) is 0 Å². The van der Waals surface area contributed by atoms with Crippen molar-refractivity contribution in [2.24, 2.45) is 0 Å². The first kappa shape index (κ1) is 15.6. The summed E-state index contributed by atoms with van der Waals surface area (Å²) in [6.07, 6.45) is 7.44. The molecule has 0 saturated heterocycles. The summed E-state index contributed by atoms with van der Waals surface area (Å²) in [5.41, 5.74) is 5.03. The van der Waals surface area contributed by atoms with Crippen LogP contribution in [-0.4, -0.2) is 21.0 Å². The Bertz CT molecular complexity index is 900. The second-order valence-electron chi connectivity index (χ2n) is 5.45. The number of hydrogen-bond donors (Lipinski definition) is 1. The fourth-order valence-electron chi connectivity index (χ4n) is 2.30. The number of rotatable bonds is 4. The molecule has 1 aromatic carbocycles. The molecule has 0 radical (unpaired) electrons. The first-order valence-corrected chi connectivity index (χ1v) is 7.52. The minimum atomic E-state index is -0.921. The largest absolute Gasteiger partial charge is 0.478 e. The third-order valence-electron chi connectivity index (χ3n) is 3.59. The molecule has 1 N–H and O–H groups in total.